The summed E-state index contributed by atoms with van der Waals surface area (Å²) in [7, 11) is 0. The van der Waals surface area contributed by atoms with Crippen LogP contribution in [0.5, 0.6) is 0 Å². The van der Waals surface area contributed by atoms with Crippen LogP contribution in [0.25, 0.3) is 11.3 Å². The van der Waals surface area contributed by atoms with Crippen LogP contribution in [0.1, 0.15) is 12.7 Å². The molecule has 0 aliphatic carbocycles. The predicted molar refractivity (Wildman–Crippen MR) is 69.5 cm³/mol. The Morgan fingerprint density at radius 2 is 2.06 bits per heavy atom. The number of rotatable bonds is 2. The Balaban J connectivity index is 2.59. The van der Waals surface area contributed by atoms with Crippen LogP contribution >= 0.6 is 27.5 Å². The summed E-state index contributed by atoms with van der Waals surface area (Å²) >= 11 is 9.19. The lowest BCUT2D eigenvalue weighted by atomic mass is 10.1. The van der Waals surface area contributed by atoms with E-state index in [1.165, 1.54) is 6.07 Å². The Morgan fingerprint density at radius 1 is 1.29 bits per heavy atom. The number of halogens is 3. The van der Waals surface area contributed by atoms with E-state index in [1.54, 1.807) is 18.2 Å². The number of hydrogen-bond donors (Lipinski definition) is 0. The number of nitrogens with zero attached hydrogens (tertiary/aromatic N) is 2. The van der Waals surface area contributed by atoms with Gasteiger partial charge in [-0.2, -0.15) is 0 Å². The van der Waals surface area contributed by atoms with Gasteiger partial charge < -0.3 is 0 Å². The van der Waals surface area contributed by atoms with Gasteiger partial charge in [-0.15, -0.1) is 0 Å². The van der Waals surface area contributed by atoms with Gasteiger partial charge in [0.15, 0.2) is 0 Å². The van der Waals surface area contributed by atoms with Crippen LogP contribution in [0, 0.1) is 5.82 Å². The molecule has 0 N–H and O–H groups in total. The first-order valence-corrected chi connectivity index (χ1v) is 6.26. The van der Waals surface area contributed by atoms with Crippen molar-refractivity contribution in [2.24, 2.45) is 0 Å². The van der Waals surface area contributed by atoms with Crippen molar-refractivity contribution in [2.75, 3.05) is 0 Å². The summed E-state index contributed by atoms with van der Waals surface area (Å²) in [6, 6.07) is 6.27. The molecule has 1 aromatic heterocycles. The Hall–Kier alpha value is -1.00. The first kappa shape index (κ1) is 12.5. The second kappa shape index (κ2) is 5.10. The monoisotopic (exact) mass is 314 g/mol. The molecule has 0 unspecified atom stereocenters. The molecule has 2 nitrogen and oxygen atoms in total. The Labute approximate surface area is 112 Å². The molecule has 0 bridgehead atoms. The number of aryl methyl sites for hydroxylation is 1. The Morgan fingerprint density at radius 3 is 2.76 bits per heavy atom. The van der Waals surface area contributed by atoms with Gasteiger partial charge in [-0.1, -0.05) is 34.5 Å². The van der Waals surface area contributed by atoms with E-state index in [-0.39, 0.29) is 5.82 Å². The van der Waals surface area contributed by atoms with Crippen LogP contribution in [0.4, 0.5) is 4.39 Å². The van der Waals surface area contributed by atoms with E-state index in [2.05, 4.69) is 25.9 Å². The summed E-state index contributed by atoms with van der Waals surface area (Å²) in [5.41, 5.74) is 0.916. The minimum atomic E-state index is -0.329. The molecule has 0 radical (unpaired) electrons. The van der Waals surface area contributed by atoms with Crippen LogP contribution in [0.3, 0.4) is 0 Å². The molecule has 1 heterocycles. The molecule has 0 fully saturated rings. The third-order valence-electron chi connectivity index (χ3n) is 2.26. The molecule has 1 aromatic carbocycles. The molecule has 5 heteroatoms. The maximum absolute atomic E-state index is 13.7. The molecule has 0 amide bonds. The average molecular weight is 316 g/mol. The van der Waals surface area contributed by atoms with E-state index in [4.69, 9.17) is 11.6 Å². The van der Waals surface area contributed by atoms with E-state index >= 15 is 0 Å². The molecule has 0 saturated heterocycles. The van der Waals surface area contributed by atoms with Crippen LogP contribution < -0.4 is 0 Å². The Kier molecular flexibility index (Phi) is 3.74. The molecule has 88 valence electrons. The highest BCUT2D eigenvalue weighted by Crippen LogP contribution is 2.26. The standard InChI is InChI=1S/C12H9BrClFN2/c1-2-12-16-10(6-11(14)17-12)8-5-7(13)3-4-9(8)15/h3-6H,2H2,1H3. The van der Waals surface area contributed by atoms with Crippen molar-refractivity contribution in [2.45, 2.75) is 13.3 Å². The van der Waals surface area contributed by atoms with Gasteiger partial charge in [0, 0.05) is 22.5 Å². The highest BCUT2D eigenvalue weighted by Gasteiger charge is 2.09. The third-order valence-corrected chi connectivity index (χ3v) is 2.95. The van der Waals surface area contributed by atoms with E-state index in [0.717, 1.165) is 4.47 Å². The average Bonchev–Trinajstić information content (AvgIpc) is 2.31. The van der Waals surface area contributed by atoms with Crippen LogP contribution in [-0.2, 0) is 6.42 Å². The molecule has 17 heavy (non-hydrogen) atoms. The minimum Gasteiger partial charge on any atom is -0.233 e. The second-order valence-corrected chi connectivity index (χ2v) is 4.77. The topological polar surface area (TPSA) is 25.8 Å². The normalized spacial score (nSPS) is 10.6. The van der Waals surface area contributed by atoms with E-state index in [9.17, 15) is 4.39 Å². The maximum atomic E-state index is 13.7. The summed E-state index contributed by atoms with van der Waals surface area (Å²) in [6.45, 7) is 1.92. The van der Waals surface area contributed by atoms with Crippen LogP contribution in [0.2, 0.25) is 5.15 Å². The first-order chi connectivity index (χ1) is 8.10. The summed E-state index contributed by atoms with van der Waals surface area (Å²) in [6.07, 6.45) is 0.656. The zero-order valence-electron chi connectivity index (χ0n) is 9.04. The van der Waals surface area contributed by atoms with Gasteiger partial charge in [-0.05, 0) is 18.2 Å². The highest BCUT2D eigenvalue weighted by molar-refractivity contribution is 9.10. The van der Waals surface area contributed by atoms with E-state index < -0.39 is 0 Å². The molecule has 0 spiro atoms. The van der Waals surface area contributed by atoms with Gasteiger partial charge in [0.05, 0.1) is 5.69 Å². The molecule has 2 rings (SSSR count). The van der Waals surface area contributed by atoms with Gasteiger partial charge >= 0.3 is 0 Å². The molecule has 0 aliphatic rings. The quantitative estimate of drug-likeness (QED) is 0.774. The van der Waals surface area contributed by atoms with Crippen LogP contribution in [0.15, 0.2) is 28.7 Å². The molecule has 0 saturated carbocycles. The number of benzene rings is 1. The van der Waals surface area contributed by atoms with Crippen LogP contribution in [-0.4, -0.2) is 9.97 Å². The molecular weight excluding hydrogens is 307 g/mol. The lowest BCUT2D eigenvalue weighted by molar-refractivity contribution is 0.630. The van der Waals surface area contributed by atoms with E-state index in [0.29, 0.717) is 28.7 Å². The summed E-state index contributed by atoms with van der Waals surface area (Å²) in [5.74, 6) is 0.275. The largest absolute Gasteiger partial charge is 0.233 e. The van der Waals surface area contributed by atoms with Crippen molar-refractivity contribution in [1.82, 2.24) is 9.97 Å². The number of aromatic nitrogens is 2. The van der Waals surface area contributed by atoms with Crippen molar-refractivity contribution in [1.29, 1.82) is 0 Å². The number of hydrogen-bond acceptors (Lipinski definition) is 2. The lowest BCUT2D eigenvalue weighted by Crippen LogP contribution is -1.97. The summed E-state index contributed by atoms with van der Waals surface area (Å²) in [5, 5.41) is 0.325. The minimum absolute atomic E-state index is 0.325. The fourth-order valence-electron chi connectivity index (χ4n) is 1.45. The second-order valence-electron chi connectivity index (χ2n) is 3.47. The fraction of sp³-hybridized carbons (Fsp3) is 0.167. The molecule has 0 aliphatic heterocycles. The van der Waals surface area contributed by atoms with Crippen molar-refractivity contribution in [3.05, 3.63) is 45.5 Å². The summed E-state index contributed by atoms with van der Waals surface area (Å²) < 4.78 is 14.5. The Bertz CT molecular complexity index is 560. The highest BCUT2D eigenvalue weighted by atomic mass is 79.9. The lowest BCUT2D eigenvalue weighted by Gasteiger charge is -2.05. The van der Waals surface area contributed by atoms with Crippen molar-refractivity contribution >= 4 is 27.5 Å². The van der Waals surface area contributed by atoms with Crippen molar-refractivity contribution < 1.29 is 4.39 Å². The van der Waals surface area contributed by atoms with Crippen molar-refractivity contribution in [3.63, 3.8) is 0 Å². The smallest absolute Gasteiger partial charge is 0.133 e. The molecule has 0 atom stereocenters. The SMILES string of the molecule is CCc1nc(Cl)cc(-c2cc(Br)ccc2F)n1. The fourth-order valence-corrected chi connectivity index (χ4v) is 2.02. The van der Waals surface area contributed by atoms with Gasteiger partial charge in [0.1, 0.15) is 16.8 Å². The third kappa shape index (κ3) is 2.82. The summed E-state index contributed by atoms with van der Waals surface area (Å²) in [4.78, 5) is 8.32. The van der Waals surface area contributed by atoms with Crippen molar-refractivity contribution in [3.8, 4) is 11.3 Å². The van der Waals surface area contributed by atoms with Gasteiger partial charge in [-0.25, -0.2) is 14.4 Å². The first-order valence-electron chi connectivity index (χ1n) is 5.09. The van der Waals surface area contributed by atoms with Gasteiger partial charge in [-0.3, -0.25) is 0 Å². The van der Waals surface area contributed by atoms with Gasteiger partial charge in [0.2, 0.25) is 0 Å². The molecule has 2 aromatic rings. The predicted octanol–water partition coefficient (Wildman–Crippen LogP) is 4.26. The zero-order chi connectivity index (χ0) is 12.4. The molecular formula is C12H9BrClFN2. The maximum Gasteiger partial charge on any atom is 0.133 e. The van der Waals surface area contributed by atoms with E-state index in [1.807, 2.05) is 6.92 Å². The van der Waals surface area contributed by atoms with Gasteiger partial charge in [0.25, 0.3) is 0 Å². The zero-order valence-corrected chi connectivity index (χ0v) is 11.4.